The van der Waals surface area contributed by atoms with E-state index >= 15 is 0 Å². The number of carboxylic acid groups (broad SMARTS) is 1. The molecule has 2 amide bonds. The van der Waals surface area contributed by atoms with E-state index in [1.807, 2.05) is 24.3 Å². The molecule has 0 unspecified atom stereocenters. The highest BCUT2D eigenvalue weighted by Crippen LogP contribution is 2.25. The molecule has 0 fully saturated rings. The number of fused-ring (bicyclic) bond motifs is 1. The van der Waals surface area contributed by atoms with Gasteiger partial charge in [0.1, 0.15) is 0 Å². The van der Waals surface area contributed by atoms with Crippen LogP contribution >= 0.6 is 0 Å². The van der Waals surface area contributed by atoms with Crippen LogP contribution in [-0.4, -0.2) is 34.3 Å². The summed E-state index contributed by atoms with van der Waals surface area (Å²) in [6.07, 6.45) is -0.148. The Labute approximate surface area is 156 Å². The summed E-state index contributed by atoms with van der Waals surface area (Å²) in [7, 11) is 0. The first-order chi connectivity index (χ1) is 13.0. The van der Waals surface area contributed by atoms with Gasteiger partial charge in [-0.25, -0.2) is 0 Å². The third-order valence-corrected chi connectivity index (χ3v) is 4.48. The van der Waals surface area contributed by atoms with Crippen molar-refractivity contribution >= 4 is 17.8 Å². The third-order valence-electron chi connectivity index (χ3n) is 4.48. The fraction of sp³-hybridized carbons (Fsp3) is 0.250. The number of nitrogens with one attached hydrogen (secondary N) is 1. The lowest BCUT2D eigenvalue weighted by molar-refractivity contribution is -0.136. The number of hydrogen-bond donors (Lipinski definition) is 3. The number of carboxylic acids is 1. The minimum atomic E-state index is -0.978. The van der Waals surface area contributed by atoms with Crippen molar-refractivity contribution in [1.29, 1.82) is 0 Å². The first-order valence-corrected chi connectivity index (χ1v) is 8.68. The van der Waals surface area contributed by atoms with Gasteiger partial charge in [0, 0.05) is 37.3 Å². The maximum atomic E-state index is 12.7. The molecule has 1 aliphatic heterocycles. The largest absolute Gasteiger partial charge is 0.481 e. The summed E-state index contributed by atoms with van der Waals surface area (Å²) >= 11 is 0. The van der Waals surface area contributed by atoms with Gasteiger partial charge in [0.2, 0.25) is 0 Å². The SMILES string of the molecule is NCc1cccc(CN2Cc3ccc(C(=O)NCCC(=O)O)cc3C2=O)c1. The molecule has 0 radical (unpaired) electrons. The number of benzene rings is 2. The summed E-state index contributed by atoms with van der Waals surface area (Å²) in [6, 6.07) is 12.8. The predicted octanol–water partition coefficient (Wildman–Crippen LogP) is 1.51. The van der Waals surface area contributed by atoms with Crippen LogP contribution in [0.5, 0.6) is 0 Å². The lowest BCUT2D eigenvalue weighted by atomic mass is 10.1. The van der Waals surface area contributed by atoms with Gasteiger partial charge in [-0.15, -0.1) is 0 Å². The molecular formula is C20H21N3O4. The minimum Gasteiger partial charge on any atom is -0.481 e. The Morgan fingerprint density at radius 3 is 2.67 bits per heavy atom. The van der Waals surface area contributed by atoms with E-state index in [2.05, 4.69) is 5.32 Å². The zero-order chi connectivity index (χ0) is 19.4. The van der Waals surface area contributed by atoms with Crippen LogP contribution in [-0.2, 0) is 24.4 Å². The number of carbonyl (C=O) groups is 3. The Bertz CT molecular complexity index is 895. The van der Waals surface area contributed by atoms with Crippen molar-refractivity contribution in [2.45, 2.75) is 26.1 Å². The van der Waals surface area contributed by atoms with Gasteiger partial charge in [-0.2, -0.15) is 0 Å². The number of carbonyl (C=O) groups excluding carboxylic acids is 2. The highest BCUT2D eigenvalue weighted by Gasteiger charge is 2.28. The van der Waals surface area contributed by atoms with E-state index in [-0.39, 0.29) is 24.8 Å². The van der Waals surface area contributed by atoms with Crippen molar-refractivity contribution in [1.82, 2.24) is 10.2 Å². The molecule has 3 rings (SSSR count). The summed E-state index contributed by atoms with van der Waals surface area (Å²) in [5.41, 5.74) is 9.41. The first kappa shape index (κ1) is 18.6. The van der Waals surface area contributed by atoms with Crippen molar-refractivity contribution in [3.8, 4) is 0 Å². The maximum Gasteiger partial charge on any atom is 0.305 e. The molecule has 0 bridgehead atoms. The van der Waals surface area contributed by atoms with Gasteiger partial charge in [-0.1, -0.05) is 30.3 Å². The second-order valence-electron chi connectivity index (χ2n) is 6.46. The topological polar surface area (TPSA) is 113 Å². The Morgan fingerprint density at radius 1 is 1.15 bits per heavy atom. The lowest BCUT2D eigenvalue weighted by Crippen LogP contribution is -2.26. The Balaban J connectivity index is 1.70. The van der Waals surface area contributed by atoms with Gasteiger partial charge in [-0.3, -0.25) is 14.4 Å². The first-order valence-electron chi connectivity index (χ1n) is 8.68. The van der Waals surface area contributed by atoms with Crippen LogP contribution in [0, 0.1) is 0 Å². The summed E-state index contributed by atoms with van der Waals surface area (Å²) in [6.45, 7) is 1.45. The zero-order valence-electron chi connectivity index (χ0n) is 14.8. The molecule has 140 valence electrons. The molecule has 27 heavy (non-hydrogen) atoms. The Morgan fingerprint density at radius 2 is 1.93 bits per heavy atom. The molecule has 4 N–H and O–H groups in total. The summed E-state index contributed by atoms with van der Waals surface area (Å²) in [4.78, 5) is 37.1. The molecule has 2 aromatic rings. The van der Waals surface area contributed by atoms with Crippen molar-refractivity contribution in [3.63, 3.8) is 0 Å². The van der Waals surface area contributed by atoms with Crippen molar-refractivity contribution < 1.29 is 19.5 Å². The Hall–Kier alpha value is -3.19. The standard InChI is InChI=1S/C20H21N3O4/c21-10-13-2-1-3-14(8-13)11-23-12-16-5-4-15(9-17(16)20(23)27)19(26)22-7-6-18(24)25/h1-5,8-9H,6-7,10-12,21H2,(H,22,26)(H,24,25). The molecular weight excluding hydrogens is 346 g/mol. The fourth-order valence-electron chi connectivity index (χ4n) is 3.09. The number of aliphatic carboxylic acids is 1. The molecule has 7 nitrogen and oxygen atoms in total. The lowest BCUT2D eigenvalue weighted by Gasteiger charge is -2.16. The summed E-state index contributed by atoms with van der Waals surface area (Å²) in [5.74, 6) is -1.49. The van der Waals surface area contributed by atoms with Crippen LogP contribution in [0.4, 0.5) is 0 Å². The van der Waals surface area contributed by atoms with Crippen LogP contribution in [0.1, 0.15) is 43.8 Å². The molecule has 2 aromatic carbocycles. The minimum absolute atomic E-state index is 0.0445. The molecule has 0 spiro atoms. The number of rotatable bonds is 7. The third kappa shape index (κ3) is 4.32. The van der Waals surface area contributed by atoms with Gasteiger partial charge in [0.25, 0.3) is 11.8 Å². The van der Waals surface area contributed by atoms with E-state index in [0.29, 0.717) is 30.8 Å². The molecule has 7 heteroatoms. The average molecular weight is 367 g/mol. The van der Waals surface area contributed by atoms with Gasteiger partial charge < -0.3 is 21.1 Å². The second-order valence-corrected chi connectivity index (χ2v) is 6.46. The van der Waals surface area contributed by atoms with Crippen LogP contribution < -0.4 is 11.1 Å². The number of nitrogens with two attached hydrogens (primary N) is 1. The summed E-state index contributed by atoms with van der Waals surface area (Å²) < 4.78 is 0. The van der Waals surface area contributed by atoms with Crippen LogP contribution in [0.25, 0.3) is 0 Å². The van der Waals surface area contributed by atoms with Crippen LogP contribution in [0.2, 0.25) is 0 Å². The smallest absolute Gasteiger partial charge is 0.305 e. The molecule has 0 atom stereocenters. The van der Waals surface area contributed by atoms with Gasteiger partial charge in [0.15, 0.2) is 0 Å². The van der Waals surface area contributed by atoms with Gasteiger partial charge >= 0.3 is 5.97 Å². The monoisotopic (exact) mass is 367 g/mol. The second kappa shape index (κ2) is 8.01. The molecule has 1 aliphatic rings. The molecule has 0 aromatic heterocycles. The van der Waals surface area contributed by atoms with Gasteiger partial charge in [0.05, 0.1) is 6.42 Å². The van der Waals surface area contributed by atoms with E-state index in [4.69, 9.17) is 10.8 Å². The number of hydrogen-bond acceptors (Lipinski definition) is 4. The average Bonchev–Trinajstić information content (AvgIpc) is 2.96. The van der Waals surface area contributed by atoms with Gasteiger partial charge in [-0.05, 0) is 28.8 Å². The van der Waals surface area contributed by atoms with Crippen molar-refractivity contribution in [2.24, 2.45) is 5.73 Å². The van der Waals surface area contributed by atoms with Crippen molar-refractivity contribution in [3.05, 3.63) is 70.3 Å². The molecule has 1 heterocycles. The van der Waals surface area contributed by atoms with E-state index in [1.165, 1.54) is 0 Å². The molecule has 0 aliphatic carbocycles. The molecule has 0 saturated carbocycles. The van der Waals surface area contributed by atoms with E-state index < -0.39 is 5.97 Å². The van der Waals surface area contributed by atoms with E-state index in [1.54, 1.807) is 23.1 Å². The van der Waals surface area contributed by atoms with Crippen LogP contribution in [0.15, 0.2) is 42.5 Å². The van der Waals surface area contributed by atoms with Crippen LogP contribution in [0.3, 0.4) is 0 Å². The summed E-state index contributed by atoms with van der Waals surface area (Å²) in [5, 5.41) is 11.2. The zero-order valence-corrected chi connectivity index (χ0v) is 14.8. The fourth-order valence-corrected chi connectivity index (χ4v) is 3.09. The number of amides is 2. The normalized spacial score (nSPS) is 12.8. The highest BCUT2D eigenvalue weighted by atomic mass is 16.4. The predicted molar refractivity (Wildman–Crippen MR) is 98.9 cm³/mol. The van der Waals surface area contributed by atoms with E-state index in [0.717, 1.165) is 16.7 Å². The van der Waals surface area contributed by atoms with Crippen molar-refractivity contribution in [2.75, 3.05) is 6.54 Å². The quantitative estimate of drug-likeness (QED) is 0.686. The molecule has 0 saturated heterocycles. The van der Waals surface area contributed by atoms with E-state index in [9.17, 15) is 14.4 Å². The highest BCUT2D eigenvalue weighted by molar-refractivity contribution is 6.02. The maximum absolute atomic E-state index is 12.7. The number of nitrogens with zero attached hydrogens (tertiary/aromatic N) is 1. The Kier molecular flexibility index (Phi) is 5.52.